The number of hydrogen-bond acceptors (Lipinski definition) is 4. The quantitative estimate of drug-likeness (QED) is 0.286. The van der Waals surface area contributed by atoms with Crippen molar-refractivity contribution in [3.63, 3.8) is 0 Å². The van der Waals surface area contributed by atoms with Gasteiger partial charge in [0.25, 0.3) is 0 Å². The van der Waals surface area contributed by atoms with E-state index in [0.29, 0.717) is 18.9 Å². The molecule has 6 nitrogen and oxygen atoms in total. The molecule has 0 fully saturated rings. The van der Waals surface area contributed by atoms with Crippen molar-refractivity contribution < 1.29 is 14.6 Å². The van der Waals surface area contributed by atoms with E-state index >= 15 is 0 Å². The van der Waals surface area contributed by atoms with Crippen molar-refractivity contribution in [1.82, 2.24) is 14.5 Å². The van der Waals surface area contributed by atoms with E-state index in [1.54, 1.807) is 0 Å². The molecular formula is C31H25N3O3. The number of benzene rings is 3. The van der Waals surface area contributed by atoms with E-state index in [9.17, 15) is 9.90 Å². The largest absolute Gasteiger partial charge is 0.487 e. The van der Waals surface area contributed by atoms with Gasteiger partial charge in [0, 0.05) is 27.4 Å². The maximum Gasteiger partial charge on any atom is 0.307 e. The molecule has 182 valence electrons. The topological polar surface area (TPSA) is 77.2 Å². The Morgan fingerprint density at radius 3 is 2.19 bits per heavy atom. The fourth-order valence-electron chi connectivity index (χ4n) is 4.90. The number of aromatic nitrogens is 3. The lowest BCUT2D eigenvalue weighted by atomic mass is 10.1. The number of fused-ring (bicyclic) bond motifs is 3. The Kier molecular flexibility index (Phi) is 5.77. The Morgan fingerprint density at radius 2 is 1.49 bits per heavy atom. The molecule has 6 aromatic rings. The number of ether oxygens (including phenoxy) is 1. The van der Waals surface area contributed by atoms with Gasteiger partial charge < -0.3 is 14.4 Å². The van der Waals surface area contributed by atoms with Crippen molar-refractivity contribution >= 4 is 38.7 Å². The number of aliphatic carboxylic acids is 1. The maximum atomic E-state index is 11.7. The second kappa shape index (κ2) is 9.39. The van der Waals surface area contributed by atoms with E-state index in [1.165, 1.54) is 0 Å². The average Bonchev–Trinajstić information content (AvgIpc) is 3.16. The number of para-hydroxylation sites is 2. The molecule has 0 unspecified atom stereocenters. The predicted molar refractivity (Wildman–Crippen MR) is 145 cm³/mol. The minimum Gasteiger partial charge on any atom is -0.487 e. The molecule has 0 aliphatic heterocycles. The number of rotatable bonds is 7. The zero-order valence-corrected chi connectivity index (χ0v) is 20.4. The van der Waals surface area contributed by atoms with Crippen LogP contribution >= 0.6 is 0 Å². The zero-order valence-electron chi connectivity index (χ0n) is 20.4. The predicted octanol–water partition coefficient (Wildman–Crippen LogP) is 6.30. The molecule has 0 radical (unpaired) electrons. The molecule has 0 aliphatic rings. The van der Waals surface area contributed by atoms with Gasteiger partial charge in [-0.2, -0.15) is 0 Å². The van der Waals surface area contributed by atoms with Crippen LogP contribution in [0.4, 0.5) is 0 Å². The summed E-state index contributed by atoms with van der Waals surface area (Å²) in [6.07, 6.45) is -0.0594. The van der Waals surface area contributed by atoms with Gasteiger partial charge in [-0.1, -0.05) is 48.5 Å². The summed E-state index contributed by atoms with van der Waals surface area (Å²) in [6, 6.07) is 30.0. The third kappa shape index (κ3) is 4.49. The molecule has 6 rings (SSSR count). The van der Waals surface area contributed by atoms with Crippen molar-refractivity contribution in [2.24, 2.45) is 0 Å². The molecule has 37 heavy (non-hydrogen) atoms. The molecular weight excluding hydrogens is 462 g/mol. The number of nitrogens with zero attached hydrogens (tertiary/aromatic N) is 3. The summed E-state index contributed by atoms with van der Waals surface area (Å²) in [5, 5.41) is 12.7. The zero-order chi connectivity index (χ0) is 25.4. The molecule has 0 saturated carbocycles. The van der Waals surface area contributed by atoms with E-state index in [1.807, 2.05) is 91.9 Å². The monoisotopic (exact) mass is 487 g/mol. The fourth-order valence-corrected chi connectivity index (χ4v) is 4.90. The summed E-state index contributed by atoms with van der Waals surface area (Å²) in [4.78, 5) is 21.2. The maximum absolute atomic E-state index is 11.7. The standard InChI is InChI=1S/C31H25N3O3/c1-20-26(17-31(35)36)27-16-25(37-19-24-13-11-22-7-3-5-9-29(22)33-24)14-15-30(27)34(20)18-23-12-10-21-6-2-4-8-28(21)32-23/h2-16H,17-19H2,1H3,(H,35,36). The smallest absolute Gasteiger partial charge is 0.307 e. The van der Waals surface area contributed by atoms with Gasteiger partial charge in [0.2, 0.25) is 0 Å². The van der Waals surface area contributed by atoms with Gasteiger partial charge in [-0.15, -0.1) is 0 Å². The minimum atomic E-state index is -0.863. The Bertz CT molecular complexity index is 1790. The van der Waals surface area contributed by atoms with Crippen molar-refractivity contribution in [2.45, 2.75) is 26.5 Å². The summed E-state index contributed by atoms with van der Waals surface area (Å²) < 4.78 is 8.23. The van der Waals surface area contributed by atoms with E-state index in [0.717, 1.165) is 55.4 Å². The van der Waals surface area contributed by atoms with Crippen LogP contribution in [-0.4, -0.2) is 25.6 Å². The van der Waals surface area contributed by atoms with Crippen LogP contribution < -0.4 is 4.74 Å². The summed E-state index contributed by atoms with van der Waals surface area (Å²) in [6.45, 7) is 2.85. The van der Waals surface area contributed by atoms with Crippen LogP contribution in [0.5, 0.6) is 5.75 Å². The lowest BCUT2D eigenvalue weighted by Crippen LogP contribution is -2.06. The van der Waals surface area contributed by atoms with Crippen LogP contribution in [0.15, 0.2) is 91.0 Å². The average molecular weight is 488 g/mol. The SMILES string of the molecule is Cc1c(CC(=O)O)c2cc(OCc3ccc4ccccc4n3)ccc2n1Cc1ccc2ccccc2n1. The second-order valence-corrected chi connectivity index (χ2v) is 9.18. The van der Waals surface area contributed by atoms with Gasteiger partial charge in [0.05, 0.1) is 35.4 Å². The second-order valence-electron chi connectivity index (χ2n) is 9.18. The highest BCUT2D eigenvalue weighted by atomic mass is 16.5. The third-order valence-corrected chi connectivity index (χ3v) is 6.77. The first-order valence-electron chi connectivity index (χ1n) is 12.2. The van der Waals surface area contributed by atoms with Gasteiger partial charge in [-0.05, 0) is 55.0 Å². The summed E-state index contributed by atoms with van der Waals surface area (Å²) in [7, 11) is 0. The van der Waals surface area contributed by atoms with Gasteiger partial charge >= 0.3 is 5.97 Å². The van der Waals surface area contributed by atoms with Crippen LogP contribution in [0.25, 0.3) is 32.7 Å². The van der Waals surface area contributed by atoms with Gasteiger partial charge in [0.15, 0.2) is 0 Å². The molecule has 0 bridgehead atoms. The highest BCUT2D eigenvalue weighted by Crippen LogP contribution is 2.31. The van der Waals surface area contributed by atoms with E-state index < -0.39 is 5.97 Å². The van der Waals surface area contributed by atoms with Crippen LogP contribution in [-0.2, 0) is 24.4 Å². The van der Waals surface area contributed by atoms with Crippen molar-refractivity contribution in [3.05, 3.63) is 114 Å². The van der Waals surface area contributed by atoms with Crippen LogP contribution in [0.1, 0.15) is 22.6 Å². The van der Waals surface area contributed by atoms with Crippen molar-refractivity contribution in [2.75, 3.05) is 0 Å². The molecule has 3 aromatic carbocycles. The first-order chi connectivity index (χ1) is 18.0. The Hall–Kier alpha value is -4.71. The van der Waals surface area contributed by atoms with Crippen LogP contribution in [0.3, 0.4) is 0 Å². The van der Waals surface area contributed by atoms with Gasteiger partial charge in [0.1, 0.15) is 12.4 Å². The first-order valence-corrected chi connectivity index (χ1v) is 12.2. The number of carboxylic acids is 1. The van der Waals surface area contributed by atoms with Gasteiger partial charge in [-0.25, -0.2) is 4.98 Å². The Labute approximate surface area is 213 Å². The molecule has 1 N–H and O–H groups in total. The van der Waals surface area contributed by atoms with Crippen LogP contribution in [0.2, 0.25) is 0 Å². The van der Waals surface area contributed by atoms with Crippen molar-refractivity contribution in [1.29, 1.82) is 0 Å². The number of carbonyl (C=O) groups is 1. The molecule has 0 amide bonds. The highest BCUT2D eigenvalue weighted by Gasteiger charge is 2.18. The van der Waals surface area contributed by atoms with E-state index in [2.05, 4.69) is 15.6 Å². The summed E-state index contributed by atoms with van der Waals surface area (Å²) in [5.74, 6) is -0.187. The fraction of sp³-hybridized carbons (Fsp3) is 0.129. The Morgan fingerprint density at radius 1 is 0.838 bits per heavy atom. The molecule has 0 atom stereocenters. The van der Waals surface area contributed by atoms with Crippen LogP contribution in [0, 0.1) is 6.92 Å². The molecule has 6 heteroatoms. The molecule has 0 spiro atoms. The third-order valence-electron chi connectivity index (χ3n) is 6.77. The highest BCUT2D eigenvalue weighted by molar-refractivity contribution is 5.90. The van der Waals surface area contributed by atoms with Crippen molar-refractivity contribution in [3.8, 4) is 5.75 Å². The normalized spacial score (nSPS) is 11.4. The summed E-state index contributed by atoms with van der Waals surface area (Å²) in [5.41, 5.74) is 6.29. The number of hydrogen-bond donors (Lipinski definition) is 1. The van der Waals surface area contributed by atoms with E-state index in [4.69, 9.17) is 9.72 Å². The lowest BCUT2D eigenvalue weighted by molar-refractivity contribution is -0.136. The van der Waals surface area contributed by atoms with Gasteiger partial charge in [-0.3, -0.25) is 9.78 Å². The molecule has 3 aromatic heterocycles. The minimum absolute atomic E-state index is 0.0594. The molecule has 0 saturated heterocycles. The van der Waals surface area contributed by atoms with E-state index in [-0.39, 0.29) is 6.42 Å². The Balaban J connectivity index is 1.33. The summed E-state index contributed by atoms with van der Waals surface area (Å²) >= 11 is 0. The number of carboxylic acid groups (broad SMARTS) is 1. The number of pyridine rings is 2. The lowest BCUT2D eigenvalue weighted by Gasteiger charge is -2.10. The molecule has 3 heterocycles. The first kappa shape index (κ1) is 22.7. The molecule has 0 aliphatic carbocycles.